The molecule has 1 atom stereocenters. The Hall–Kier alpha value is -2.02. The highest BCUT2D eigenvalue weighted by Gasteiger charge is 2.25. The van der Waals surface area contributed by atoms with Gasteiger partial charge in [0.15, 0.2) is 0 Å². The molecule has 1 aliphatic carbocycles. The van der Waals surface area contributed by atoms with Gasteiger partial charge in [0.2, 0.25) is 0 Å². The average Bonchev–Trinajstić information content (AvgIpc) is 3.05. The van der Waals surface area contributed by atoms with E-state index in [0.29, 0.717) is 19.0 Å². The molecule has 4 rings (SSSR count). The van der Waals surface area contributed by atoms with Crippen molar-refractivity contribution < 1.29 is 5.11 Å². The third-order valence-corrected chi connectivity index (χ3v) is 6.47. The van der Waals surface area contributed by atoms with Crippen LogP contribution < -0.4 is 10.9 Å². The molecule has 0 aliphatic heterocycles. The summed E-state index contributed by atoms with van der Waals surface area (Å²) < 4.78 is 1.63. The van der Waals surface area contributed by atoms with Crippen molar-refractivity contribution >= 4 is 21.6 Å². The zero-order valence-electron chi connectivity index (χ0n) is 15.6. The van der Waals surface area contributed by atoms with Gasteiger partial charge in [0.25, 0.3) is 5.56 Å². The van der Waals surface area contributed by atoms with E-state index in [1.807, 2.05) is 0 Å². The molecule has 0 saturated heterocycles. The molecule has 1 aliphatic rings. The number of hydrogen-bond acceptors (Lipinski definition) is 5. The van der Waals surface area contributed by atoms with Gasteiger partial charge in [-0.05, 0) is 43.7 Å². The normalized spacial score (nSPS) is 16.6. The fourth-order valence-corrected chi connectivity index (χ4v) is 5.00. The summed E-state index contributed by atoms with van der Waals surface area (Å²) >= 11 is 1.66. The van der Waals surface area contributed by atoms with Gasteiger partial charge in [0.05, 0.1) is 11.7 Å². The summed E-state index contributed by atoms with van der Waals surface area (Å²) in [6.45, 7) is 3.58. The maximum absolute atomic E-state index is 12.8. The van der Waals surface area contributed by atoms with Gasteiger partial charge >= 0.3 is 0 Å². The Morgan fingerprint density at radius 3 is 2.93 bits per heavy atom. The van der Waals surface area contributed by atoms with Crippen LogP contribution in [0.4, 0.5) is 0 Å². The van der Waals surface area contributed by atoms with Crippen LogP contribution in [0.3, 0.4) is 0 Å². The molecule has 0 fully saturated rings. The predicted molar refractivity (Wildman–Crippen MR) is 109 cm³/mol. The number of hydrogen-bond donors (Lipinski definition) is 2. The minimum atomic E-state index is 0.0389. The summed E-state index contributed by atoms with van der Waals surface area (Å²) in [5.41, 5.74) is 3.82. The van der Waals surface area contributed by atoms with Crippen LogP contribution >= 0.6 is 11.3 Å². The van der Waals surface area contributed by atoms with Crippen molar-refractivity contribution in [1.82, 2.24) is 14.9 Å². The highest BCUT2D eigenvalue weighted by molar-refractivity contribution is 7.18. The molecular weight excluding hydrogens is 358 g/mol. The lowest BCUT2D eigenvalue weighted by atomic mass is 9.93. The first-order valence-corrected chi connectivity index (χ1v) is 10.4. The van der Waals surface area contributed by atoms with E-state index in [1.165, 1.54) is 21.6 Å². The number of aliphatic hydroxyl groups excluding tert-OH is 1. The highest BCUT2D eigenvalue weighted by Crippen LogP contribution is 2.33. The van der Waals surface area contributed by atoms with E-state index in [-0.39, 0.29) is 12.2 Å². The number of rotatable bonds is 6. The quantitative estimate of drug-likeness (QED) is 0.687. The van der Waals surface area contributed by atoms with Crippen molar-refractivity contribution in [3.8, 4) is 0 Å². The molecule has 1 unspecified atom stereocenters. The molecule has 2 N–H and O–H groups in total. The largest absolute Gasteiger partial charge is 0.396 e. The number of aliphatic hydroxyl groups is 1. The van der Waals surface area contributed by atoms with E-state index in [0.717, 1.165) is 36.0 Å². The van der Waals surface area contributed by atoms with Crippen molar-refractivity contribution in [3.05, 3.63) is 62.5 Å². The van der Waals surface area contributed by atoms with Crippen molar-refractivity contribution in [2.24, 2.45) is 0 Å². The molecular formula is C21H25N3O2S. The number of benzene rings is 1. The van der Waals surface area contributed by atoms with E-state index in [2.05, 4.69) is 41.5 Å². The fraction of sp³-hybridized carbons (Fsp3) is 0.429. The molecule has 2 aromatic heterocycles. The SMILES string of the molecule is Cc1ccc(CNC2CCc3c(sc4ncn(CCCO)c(=O)c34)C2)cc1. The van der Waals surface area contributed by atoms with Crippen LogP contribution in [-0.4, -0.2) is 27.3 Å². The lowest BCUT2D eigenvalue weighted by Crippen LogP contribution is -2.33. The number of thiophene rings is 1. The van der Waals surface area contributed by atoms with Crippen LogP contribution in [-0.2, 0) is 25.9 Å². The Morgan fingerprint density at radius 1 is 1.33 bits per heavy atom. The lowest BCUT2D eigenvalue weighted by molar-refractivity contribution is 0.279. The molecule has 2 heterocycles. The summed E-state index contributed by atoms with van der Waals surface area (Å²) in [7, 11) is 0. The molecule has 0 amide bonds. The Labute approximate surface area is 162 Å². The summed E-state index contributed by atoms with van der Waals surface area (Å²) in [6, 6.07) is 9.08. The van der Waals surface area contributed by atoms with E-state index in [1.54, 1.807) is 22.2 Å². The Morgan fingerprint density at radius 2 is 2.15 bits per heavy atom. The lowest BCUT2D eigenvalue weighted by Gasteiger charge is -2.23. The van der Waals surface area contributed by atoms with Gasteiger partial charge in [0.1, 0.15) is 4.83 Å². The molecule has 6 heteroatoms. The zero-order chi connectivity index (χ0) is 18.8. The van der Waals surface area contributed by atoms with Crippen LogP contribution in [0.15, 0.2) is 35.4 Å². The second-order valence-corrected chi connectivity index (χ2v) is 8.39. The minimum Gasteiger partial charge on any atom is -0.396 e. The molecule has 142 valence electrons. The summed E-state index contributed by atoms with van der Waals surface area (Å²) in [5, 5.41) is 13.5. The van der Waals surface area contributed by atoms with Crippen LogP contribution in [0.2, 0.25) is 0 Å². The van der Waals surface area contributed by atoms with Crippen LogP contribution in [0.25, 0.3) is 10.2 Å². The first kappa shape index (κ1) is 18.3. The van der Waals surface area contributed by atoms with Crippen molar-refractivity contribution in [3.63, 3.8) is 0 Å². The van der Waals surface area contributed by atoms with Crippen LogP contribution in [0.5, 0.6) is 0 Å². The number of aryl methyl sites for hydroxylation is 3. The van der Waals surface area contributed by atoms with Crippen molar-refractivity contribution in [1.29, 1.82) is 0 Å². The van der Waals surface area contributed by atoms with Gasteiger partial charge < -0.3 is 10.4 Å². The van der Waals surface area contributed by atoms with Gasteiger partial charge in [-0.2, -0.15) is 0 Å². The molecule has 3 aromatic rings. The van der Waals surface area contributed by atoms with E-state index in [4.69, 9.17) is 5.11 Å². The number of nitrogens with one attached hydrogen (secondary N) is 1. The second-order valence-electron chi connectivity index (χ2n) is 7.31. The van der Waals surface area contributed by atoms with Gasteiger partial charge in [-0.3, -0.25) is 9.36 Å². The molecule has 1 aromatic carbocycles. The second kappa shape index (κ2) is 7.92. The molecule has 0 bridgehead atoms. The maximum Gasteiger partial charge on any atom is 0.262 e. The van der Waals surface area contributed by atoms with E-state index < -0.39 is 0 Å². The molecule has 0 spiro atoms. The minimum absolute atomic E-state index is 0.0389. The summed E-state index contributed by atoms with van der Waals surface area (Å²) in [6.07, 6.45) is 5.11. The standard InChI is InChI=1S/C21H25N3O2S/c1-14-3-5-15(6-4-14)12-22-16-7-8-17-18(11-16)27-20-19(17)21(26)24(13-23-20)9-2-10-25/h3-6,13,16,22,25H,2,7-12H2,1H3. The van der Waals surface area contributed by atoms with Crippen molar-refractivity contribution in [2.45, 2.75) is 51.7 Å². The molecule has 0 radical (unpaired) electrons. The Balaban J connectivity index is 1.51. The topological polar surface area (TPSA) is 67.2 Å². The zero-order valence-corrected chi connectivity index (χ0v) is 16.4. The maximum atomic E-state index is 12.8. The van der Waals surface area contributed by atoms with Gasteiger partial charge in [-0.25, -0.2) is 4.98 Å². The monoisotopic (exact) mass is 383 g/mol. The molecule has 27 heavy (non-hydrogen) atoms. The first-order chi connectivity index (χ1) is 13.2. The van der Waals surface area contributed by atoms with Gasteiger partial charge in [-0.1, -0.05) is 29.8 Å². The summed E-state index contributed by atoms with van der Waals surface area (Å²) in [4.78, 5) is 19.5. The fourth-order valence-electron chi connectivity index (χ4n) is 3.74. The number of aromatic nitrogens is 2. The van der Waals surface area contributed by atoms with E-state index >= 15 is 0 Å². The van der Waals surface area contributed by atoms with Crippen LogP contribution in [0, 0.1) is 6.92 Å². The first-order valence-electron chi connectivity index (χ1n) is 9.55. The molecule has 0 saturated carbocycles. The summed E-state index contributed by atoms with van der Waals surface area (Å²) in [5.74, 6) is 0. The van der Waals surface area contributed by atoms with Gasteiger partial charge in [-0.15, -0.1) is 11.3 Å². The third-order valence-electron chi connectivity index (χ3n) is 5.31. The van der Waals surface area contributed by atoms with Crippen molar-refractivity contribution in [2.75, 3.05) is 6.61 Å². The smallest absolute Gasteiger partial charge is 0.262 e. The Bertz CT molecular complexity index is 991. The third kappa shape index (κ3) is 3.83. The Kier molecular flexibility index (Phi) is 5.38. The molecule has 5 nitrogen and oxygen atoms in total. The average molecular weight is 384 g/mol. The van der Waals surface area contributed by atoms with Crippen LogP contribution in [0.1, 0.15) is 34.4 Å². The van der Waals surface area contributed by atoms with Gasteiger partial charge in [0, 0.05) is 30.6 Å². The highest BCUT2D eigenvalue weighted by atomic mass is 32.1. The number of fused-ring (bicyclic) bond motifs is 3. The number of nitrogens with zero attached hydrogens (tertiary/aromatic N) is 2. The van der Waals surface area contributed by atoms with E-state index in [9.17, 15) is 4.79 Å². The predicted octanol–water partition coefficient (Wildman–Crippen LogP) is 2.80.